The molecule has 1 aliphatic heterocycles. The minimum Gasteiger partial charge on any atom is -0.294 e. The van der Waals surface area contributed by atoms with Crippen LogP contribution < -0.4 is 11.1 Å². The number of fused-ring (bicyclic) bond motifs is 2. The fraction of sp³-hybridized carbons (Fsp3) is 0.316. The summed E-state index contributed by atoms with van der Waals surface area (Å²) < 4.78 is 3.69. The SMILES string of the molecule is CC1(C)CC(=O)C2=C(C1)n1c(=O)ccc(=O)n1C2c1cccc(Br)c1. The maximum absolute atomic E-state index is 13.0. The summed E-state index contributed by atoms with van der Waals surface area (Å²) in [4.78, 5) is 38.1. The fourth-order valence-electron chi connectivity index (χ4n) is 3.91. The monoisotopic (exact) mass is 400 g/mol. The van der Waals surface area contributed by atoms with E-state index in [-0.39, 0.29) is 22.3 Å². The first-order chi connectivity index (χ1) is 11.8. The van der Waals surface area contributed by atoms with E-state index in [4.69, 9.17) is 0 Å². The average molecular weight is 401 g/mol. The molecule has 0 amide bonds. The molecule has 0 saturated heterocycles. The molecule has 1 unspecified atom stereocenters. The zero-order valence-corrected chi connectivity index (χ0v) is 15.5. The molecule has 4 rings (SSSR count). The van der Waals surface area contributed by atoms with Crippen molar-refractivity contribution in [1.29, 1.82) is 0 Å². The summed E-state index contributed by atoms with van der Waals surface area (Å²) in [6, 6.07) is 9.52. The van der Waals surface area contributed by atoms with Gasteiger partial charge >= 0.3 is 0 Å². The number of halogens is 1. The largest absolute Gasteiger partial charge is 0.294 e. The number of hydrogen-bond donors (Lipinski definition) is 0. The van der Waals surface area contributed by atoms with Gasteiger partial charge in [-0.2, -0.15) is 0 Å². The standard InChI is InChI=1S/C19H17BrN2O3/c1-19(2)9-13-17(14(23)10-19)18(11-4-3-5-12(20)8-11)22-16(25)7-6-15(24)21(13)22/h3-8,18H,9-10H2,1-2H3. The van der Waals surface area contributed by atoms with E-state index < -0.39 is 6.04 Å². The average Bonchev–Trinajstić information content (AvgIpc) is 2.86. The van der Waals surface area contributed by atoms with Crippen LogP contribution >= 0.6 is 15.9 Å². The number of allylic oxidation sites excluding steroid dienone is 2. The van der Waals surface area contributed by atoms with Gasteiger partial charge in [0.1, 0.15) is 6.04 Å². The van der Waals surface area contributed by atoms with Crippen molar-refractivity contribution in [3.05, 3.63) is 72.7 Å². The Labute approximate surface area is 152 Å². The van der Waals surface area contributed by atoms with Crippen LogP contribution in [0.4, 0.5) is 0 Å². The van der Waals surface area contributed by atoms with E-state index in [9.17, 15) is 14.4 Å². The highest BCUT2D eigenvalue weighted by molar-refractivity contribution is 9.10. The summed E-state index contributed by atoms with van der Waals surface area (Å²) in [5, 5.41) is 0. The van der Waals surface area contributed by atoms with Crippen molar-refractivity contribution in [2.24, 2.45) is 5.41 Å². The Morgan fingerprint density at radius 1 is 1.04 bits per heavy atom. The van der Waals surface area contributed by atoms with E-state index in [0.717, 1.165) is 10.0 Å². The van der Waals surface area contributed by atoms with Gasteiger partial charge in [0.25, 0.3) is 11.1 Å². The quantitative estimate of drug-likeness (QED) is 0.738. The first-order valence-electron chi connectivity index (χ1n) is 8.15. The van der Waals surface area contributed by atoms with Crippen LogP contribution in [0.3, 0.4) is 0 Å². The van der Waals surface area contributed by atoms with Crippen LogP contribution in [0.15, 0.2) is 56.0 Å². The molecule has 0 spiro atoms. The Balaban J connectivity index is 2.07. The van der Waals surface area contributed by atoms with Crippen molar-refractivity contribution < 1.29 is 4.79 Å². The van der Waals surface area contributed by atoms with Crippen LogP contribution in [0.25, 0.3) is 5.70 Å². The van der Waals surface area contributed by atoms with Gasteiger partial charge in [0, 0.05) is 28.6 Å². The number of aromatic nitrogens is 2. The molecule has 1 aliphatic carbocycles. The van der Waals surface area contributed by atoms with Crippen molar-refractivity contribution >= 4 is 27.4 Å². The van der Waals surface area contributed by atoms with Crippen molar-refractivity contribution in [3.8, 4) is 0 Å². The molecule has 2 aliphatic rings. The third kappa shape index (κ3) is 2.47. The van der Waals surface area contributed by atoms with Crippen molar-refractivity contribution in [3.63, 3.8) is 0 Å². The van der Waals surface area contributed by atoms with Crippen molar-refractivity contribution in [1.82, 2.24) is 9.36 Å². The normalized spacial score (nSPS) is 21.2. The van der Waals surface area contributed by atoms with Gasteiger partial charge < -0.3 is 0 Å². The molecule has 0 radical (unpaired) electrons. The van der Waals surface area contributed by atoms with Gasteiger partial charge in [-0.1, -0.05) is 41.9 Å². The molecular formula is C19H17BrN2O3. The van der Waals surface area contributed by atoms with Crippen LogP contribution in [0, 0.1) is 5.41 Å². The highest BCUT2D eigenvalue weighted by Gasteiger charge is 2.44. The molecule has 128 valence electrons. The molecular weight excluding hydrogens is 384 g/mol. The molecule has 1 aromatic carbocycles. The van der Waals surface area contributed by atoms with Gasteiger partial charge in [-0.25, -0.2) is 9.36 Å². The van der Waals surface area contributed by atoms with E-state index in [0.29, 0.717) is 24.1 Å². The van der Waals surface area contributed by atoms with Crippen LogP contribution in [-0.4, -0.2) is 15.1 Å². The second-order valence-corrected chi connectivity index (χ2v) is 8.34. The summed E-state index contributed by atoms with van der Waals surface area (Å²) in [5.74, 6) is 0.00576. The van der Waals surface area contributed by atoms with E-state index in [2.05, 4.69) is 15.9 Å². The smallest absolute Gasteiger partial charge is 0.269 e. The number of carbonyl (C=O) groups excluding carboxylic acids is 1. The lowest BCUT2D eigenvalue weighted by Crippen LogP contribution is -2.36. The Kier molecular flexibility index (Phi) is 3.51. The van der Waals surface area contributed by atoms with Gasteiger partial charge in [-0.3, -0.25) is 14.4 Å². The summed E-state index contributed by atoms with van der Waals surface area (Å²) in [7, 11) is 0. The molecule has 6 heteroatoms. The lowest BCUT2D eigenvalue weighted by molar-refractivity contribution is -0.118. The zero-order valence-electron chi connectivity index (χ0n) is 14.0. The number of hydrogen-bond acceptors (Lipinski definition) is 3. The van der Waals surface area contributed by atoms with Gasteiger partial charge in [-0.05, 0) is 29.5 Å². The predicted molar refractivity (Wildman–Crippen MR) is 98.5 cm³/mol. The number of Topliss-reactive ketones (excluding diaryl/α,β-unsaturated/α-hetero) is 1. The lowest BCUT2D eigenvalue weighted by atomic mass is 9.74. The van der Waals surface area contributed by atoms with E-state index in [1.807, 2.05) is 38.1 Å². The maximum Gasteiger partial charge on any atom is 0.269 e. The third-order valence-corrected chi connectivity index (χ3v) is 5.35. The topological polar surface area (TPSA) is 61.1 Å². The van der Waals surface area contributed by atoms with Crippen LogP contribution in [0.1, 0.15) is 38.3 Å². The van der Waals surface area contributed by atoms with E-state index >= 15 is 0 Å². The molecule has 1 aromatic heterocycles. The Bertz CT molecular complexity index is 1060. The number of ketones is 1. The van der Waals surface area contributed by atoms with Gasteiger partial charge in [-0.15, -0.1) is 0 Å². The molecule has 2 aromatic rings. The second kappa shape index (κ2) is 5.39. The van der Waals surface area contributed by atoms with Crippen molar-refractivity contribution in [2.45, 2.75) is 32.7 Å². The second-order valence-electron chi connectivity index (χ2n) is 7.43. The van der Waals surface area contributed by atoms with Gasteiger partial charge in [0.05, 0.1) is 5.70 Å². The minimum atomic E-state index is -0.558. The molecule has 1 atom stereocenters. The molecule has 0 saturated carbocycles. The summed E-state index contributed by atoms with van der Waals surface area (Å²) in [6.07, 6.45) is 0.996. The Morgan fingerprint density at radius 2 is 1.76 bits per heavy atom. The lowest BCUT2D eigenvalue weighted by Gasteiger charge is -2.30. The van der Waals surface area contributed by atoms with Gasteiger partial charge in [0.2, 0.25) is 0 Å². The molecule has 0 bridgehead atoms. The highest BCUT2D eigenvalue weighted by atomic mass is 79.9. The first-order valence-corrected chi connectivity index (χ1v) is 8.95. The maximum atomic E-state index is 13.0. The Hall–Kier alpha value is -2.21. The molecule has 2 heterocycles. The zero-order chi connectivity index (χ0) is 17.9. The van der Waals surface area contributed by atoms with Gasteiger partial charge in [0.15, 0.2) is 5.78 Å². The third-order valence-electron chi connectivity index (χ3n) is 4.85. The van der Waals surface area contributed by atoms with Crippen LogP contribution in [0.5, 0.6) is 0 Å². The predicted octanol–water partition coefficient (Wildman–Crippen LogP) is 2.98. The number of nitrogens with zero attached hydrogens (tertiary/aromatic N) is 2. The highest BCUT2D eigenvalue weighted by Crippen LogP contribution is 2.46. The number of benzene rings is 1. The van der Waals surface area contributed by atoms with Crippen LogP contribution in [0.2, 0.25) is 0 Å². The van der Waals surface area contributed by atoms with Crippen LogP contribution in [-0.2, 0) is 4.79 Å². The minimum absolute atomic E-state index is 0.00576. The summed E-state index contributed by atoms with van der Waals surface area (Å²) in [6.45, 7) is 4.02. The number of carbonyl (C=O) groups is 1. The molecule has 0 fully saturated rings. The van der Waals surface area contributed by atoms with Crippen molar-refractivity contribution in [2.75, 3.05) is 0 Å². The summed E-state index contributed by atoms with van der Waals surface area (Å²) >= 11 is 3.45. The molecule has 25 heavy (non-hydrogen) atoms. The summed E-state index contributed by atoms with van der Waals surface area (Å²) in [5.41, 5.74) is 1.24. The molecule has 0 N–H and O–H groups in total. The number of rotatable bonds is 1. The van der Waals surface area contributed by atoms with E-state index in [1.54, 1.807) is 0 Å². The fourth-order valence-corrected chi connectivity index (χ4v) is 4.32. The first kappa shape index (κ1) is 16.3. The molecule has 5 nitrogen and oxygen atoms in total. The Morgan fingerprint density at radius 3 is 2.48 bits per heavy atom. The van der Waals surface area contributed by atoms with E-state index in [1.165, 1.54) is 21.5 Å².